The van der Waals surface area contributed by atoms with Crippen LogP contribution >= 0.6 is 24.0 Å². The van der Waals surface area contributed by atoms with Crippen LogP contribution in [-0.2, 0) is 9.59 Å². The third-order valence-electron chi connectivity index (χ3n) is 2.80. The minimum atomic E-state index is -0.969. The van der Waals surface area contributed by atoms with Gasteiger partial charge in [-0.05, 0) is 27.7 Å². The van der Waals surface area contributed by atoms with Gasteiger partial charge in [0.15, 0.2) is 0 Å². The van der Waals surface area contributed by atoms with Gasteiger partial charge in [0.2, 0.25) is 11.8 Å². The van der Waals surface area contributed by atoms with Crippen molar-refractivity contribution in [3.63, 3.8) is 0 Å². The van der Waals surface area contributed by atoms with Gasteiger partial charge in [-0.2, -0.15) is 0 Å². The standard InChI is InChI=1S/C13H26N4O2S2/c1-5-17(6-2)12(20)21-9-10(18)16-13(3,4)11(19)15-8-7-14/h5-9,14H2,1-4H3,(H,15,19)(H,16,18). The van der Waals surface area contributed by atoms with Crippen LogP contribution in [0.2, 0.25) is 0 Å². The normalized spacial score (nSPS) is 10.9. The Labute approximate surface area is 136 Å². The largest absolute Gasteiger partial charge is 0.358 e. The molecule has 0 aromatic carbocycles. The molecule has 2 amide bonds. The maximum absolute atomic E-state index is 11.9. The molecule has 0 rings (SSSR count). The van der Waals surface area contributed by atoms with Gasteiger partial charge in [0.1, 0.15) is 9.86 Å². The van der Waals surface area contributed by atoms with E-state index in [-0.39, 0.29) is 17.6 Å². The van der Waals surface area contributed by atoms with Crippen LogP contribution < -0.4 is 16.4 Å². The topological polar surface area (TPSA) is 87.5 Å². The van der Waals surface area contributed by atoms with Crippen molar-refractivity contribution in [2.75, 3.05) is 31.9 Å². The molecule has 0 unspecified atom stereocenters. The Hall–Kier alpha value is -0.860. The van der Waals surface area contributed by atoms with E-state index in [0.717, 1.165) is 13.1 Å². The van der Waals surface area contributed by atoms with Crippen molar-refractivity contribution in [2.24, 2.45) is 5.73 Å². The molecule has 0 saturated carbocycles. The number of nitrogens with zero attached hydrogens (tertiary/aromatic N) is 1. The van der Waals surface area contributed by atoms with Gasteiger partial charge in [0.05, 0.1) is 5.75 Å². The Kier molecular flexibility index (Phi) is 9.56. The lowest BCUT2D eigenvalue weighted by atomic mass is 10.0. The number of thiocarbonyl (C=S) groups is 1. The van der Waals surface area contributed by atoms with E-state index in [4.69, 9.17) is 18.0 Å². The van der Waals surface area contributed by atoms with Crippen molar-refractivity contribution in [1.29, 1.82) is 0 Å². The monoisotopic (exact) mass is 334 g/mol. The number of thioether (sulfide) groups is 1. The highest BCUT2D eigenvalue weighted by Crippen LogP contribution is 2.10. The van der Waals surface area contributed by atoms with E-state index in [1.807, 2.05) is 18.7 Å². The highest BCUT2D eigenvalue weighted by Gasteiger charge is 2.29. The number of nitrogens with two attached hydrogens (primary N) is 1. The molecule has 0 aromatic rings. The molecular weight excluding hydrogens is 308 g/mol. The van der Waals surface area contributed by atoms with Gasteiger partial charge in [-0.1, -0.05) is 24.0 Å². The molecule has 122 valence electrons. The van der Waals surface area contributed by atoms with Crippen molar-refractivity contribution < 1.29 is 9.59 Å². The Morgan fingerprint density at radius 1 is 1.29 bits per heavy atom. The minimum absolute atomic E-state index is 0.197. The second kappa shape index (κ2) is 9.97. The zero-order valence-corrected chi connectivity index (χ0v) is 14.8. The number of nitrogens with one attached hydrogen (secondary N) is 2. The maximum Gasteiger partial charge on any atom is 0.245 e. The summed E-state index contributed by atoms with van der Waals surface area (Å²) >= 11 is 6.56. The minimum Gasteiger partial charge on any atom is -0.358 e. The lowest BCUT2D eigenvalue weighted by Gasteiger charge is -2.25. The van der Waals surface area contributed by atoms with Gasteiger partial charge in [-0.25, -0.2) is 0 Å². The summed E-state index contributed by atoms with van der Waals surface area (Å²) in [7, 11) is 0. The first-order valence-electron chi connectivity index (χ1n) is 6.99. The summed E-state index contributed by atoms with van der Waals surface area (Å²) in [6.07, 6.45) is 0. The summed E-state index contributed by atoms with van der Waals surface area (Å²) in [6.45, 7) is 9.73. The first-order chi connectivity index (χ1) is 9.78. The lowest BCUT2D eigenvalue weighted by molar-refractivity contribution is -0.131. The zero-order valence-electron chi connectivity index (χ0n) is 13.2. The number of hydrogen-bond donors (Lipinski definition) is 3. The molecule has 0 fully saturated rings. The van der Waals surface area contributed by atoms with E-state index < -0.39 is 5.54 Å². The summed E-state index contributed by atoms with van der Waals surface area (Å²) in [5.74, 6) is -0.275. The van der Waals surface area contributed by atoms with Crippen LogP contribution in [0.3, 0.4) is 0 Å². The van der Waals surface area contributed by atoms with Crippen LogP contribution in [0, 0.1) is 0 Å². The number of amides is 2. The number of carbonyl (C=O) groups is 2. The molecule has 0 radical (unpaired) electrons. The fourth-order valence-corrected chi connectivity index (χ4v) is 2.75. The molecule has 0 heterocycles. The smallest absolute Gasteiger partial charge is 0.245 e. The third kappa shape index (κ3) is 7.63. The van der Waals surface area contributed by atoms with Gasteiger partial charge in [-0.3, -0.25) is 9.59 Å². The molecule has 0 saturated heterocycles. The summed E-state index contributed by atoms with van der Waals surface area (Å²) < 4.78 is 0.695. The van der Waals surface area contributed by atoms with Crippen molar-refractivity contribution in [3.8, 4) is 0 Å². The van der Waals surface area contributed by atoms with Crippen LogP contribution in [0.15, 0.2) is 0 Å². The van der Waals surface area contributed by atoms with Gasteiger partial charge < -0.3 is 21.3 Å². The number of hydrogen-bond acceptors (Lipinski definition) is 5. The molecule has 0 atom stereocenters. The molecule has 6 nitrogen and oxygen atoms in total. The first kappa shape index (κ1) is 20.1. The van der Waals surface area contributed by atoms with Gasteiger partial charge >= 0.3 is 0 Å². The quantitative estimate of drug-likeness (QED) is 0.554. The first-order valence-corrected chi connectivity index (χ1v) is 8.38. The number of carbonyl (C=O) groups excluding carboxylic acids is 2. The van der Waals surface area contributed by atoms with Crippen LogP contribution in [0.5, 0.6) is 0 Å². The van der Waals surface area contributed by atoms with Gasteiger partial charge in [-0.15, -0.1) is 0 Å². The molecule has 0 aromatic heterocycles. The average molecular weight is 335 g/mol. The predicted octanol–water partition coefficient (Wildman–Crippen LogP) is 0.316. The van der Waals surface area contributed by atoms with E-state index >= 15 is 0 Å². The molecule has 0 aliphatic carbocycles. The highest BCUT2D eigenvalue weighted by atomic mass is 32.2. The molecular formula is C13H26N4O2S2. The Bertz CT molecular complexity index is 371. The highest BCUT2D eigenvalue weighted by molar-refractivity contribution is 8.23. The summed E-state index contributed by atoms with van der Waals surface area (Å²) in [6, 6.07) is 0. The number of rotatable bonds is 8. The molecule has 0 aliphatic rings. The summed E-state index contributed by atoms with van der Waals surface area (Å²) in [5.41, 5.74) is 4.36. The molecule has 21 heavy (non-hydrogen) atoms. The van der Waals surface area contributed by atoms with Crippen molar-refractivity contribution in [3.05, 3.63) is 0 Å². The molecule has 0 aliphatic heterocycles. The second-order valence-electron chi connectivity index (χ2n) is 4.94. The van der Waals surface area contributed by atoms with Crippen molar-refractivity contribution in [1.82, 2.24) is 15.5 Å². The van der Waals surface area contributed by atoms with Crippen LogP contribution in [0.1, 0.15) is 27.7 Å². The van der Waals surface area contributed by atoms with E-state index in [1.165, 1.54) is 11.8 Å². The van der Waals surface area contributed by atoms with Gasteiger partial charge in [0.25, 0.3) is 0 Å². The van der Waals surface area contributed by atoms with E-state index in [9.17, 15) is 9.59 Å². The molecule has 8 heteroatoms. The Morgan fingerprint density at radius 3 is 2.33 bits per heavy atom. The van der Waals surface area contributed by atoms with Crippen molar-refractivity contribution in [2.45, 2.75) is 33.2 Å². The van der Waals surface area contributed by atoms with Crippen LogP contribution in [-0.4, -0.2) is 58.5 Å². The van der Waals surface area contributed by atoms with E-state index in [0.29, 0.717) is 17.4 Å². The zero-order chi connectivity index (χ0) is 16.5. The van der Waals surface area contributed by atoms with E-state index in [2.05, 4.69) is 10.6 Å². The summed E-state index contributed by atoms with van der Waals surface area (Å²) in [5, 5.41) is 5.36. The SMILES string of the molecule is CCN(CC)C(=S)SCC(=O)NC(C)(C)C(=O)NCCN. The molecule has 0 bridgehead atoms. The molecule has 0 spiro atoms. The predicted molar refractivity (Wildman–Crippen MR) is 92.3 cm³/mol. The van der Waals surface area contributed by atoms with Gasteiger partial charge in [0, 0.05) is 26.2 Å². The average Bonchev–Trinajstić information content (AvgIpc) is 2.43. The van der Waals surface area contributed by atoms with Crippen LogP contribution in [0.25, 0.3) is 0 Å². The summed E-state index contributed by atoms with van der Waals surface area (Å²) in [4.78, 5) is 25.8. The van der Waals surface area contributed by atoms with Crippen LogP contribution in [0.4, 0.5) is 0 Å². The Balaban J connectivity index is 4.30. The third-order valence-corrected chi connectivity index (χ3v) is 4.32. The van der Waals surface area contributed by atoms with Crippen molar-refractivity contribution >= 4 is 40.1 Å². The fourth-order valence-electron chi connectivity index (χ4n) is 1.55. The fraction of sp³-hybridized carbons (Fsp3) is 0.769. The van der Waals surface area contributed by atoms with E-state index in [1.54, 1.807) is 13.8 Å². The lowest BCUT2D eigenvalue weighted by Crippen LogP contribution is -2.55. The molecule has 4 N–H and O–H groups in total. The Morgan fingerprint density at radius 2 is 1.86 bits per heavy atom. The second-order valence-corrected chi connectivity index (χ2v) is 6.55. The maximum atomic E-state index is 11.9.